The molecule has 1 atom stereocenters. The highest BCUT2D eigenvalue weighted by atomic mass is 79.9. The standard InChI is InChI=1S/C12H15Br2NO2S/c13-8-6-10(18-12(8)14)9(7-11(16)17)15-4-2-1-3-5-15/h6,9H,1-5,7H2,(H,16,17). The van der Waals surface area contributed by atoms with Crippen molar-refractivity contribution in [1.29, 1.82) is 0 Å². The maximum atomic E-state index is 11.1. The monoisotopic (exact) mass is 395 g/mol. The van der Waals surface area contributed by atoms with Crippen molar-refractivity contribution in [3.05, 3.63) is 19.2 Å². The Bertz CT molecular complexity index is 410. The molecule has 0 aromatic carbocycles. The Kier molecular flexibility index (Phi) is 5.24. The molecule has 3 nitrogen and oxygen atoms in total. The number of carbonyl (C=O) groups is 1. The number of aliphatic carboxylic acids is 1. The van der Waals surface area contributed by atoms with E-state index in [1.54, 1.807) is 11.3 Å². The van der Waals surface area contributed by atoms with Crippen molar-refractivity contribution in [3.8, 4) is 0 Å². The van der Waals surface area contributed by atoms with Gasteiger partial charge in [0, 0.05) is 9.35 Å². The zero-order chi connectivity index (χ0) is 13.1. The maximum absolute atomic E-state index is 11.1. The molecule has 2 rings (SSSR count). The number of hydrogen-bond acceptors (Lipinski definition) is 3. The Morgan fingerprint density at radius 3 is 2.56 bits per heavy atom. The summed E-state index contributed by atoms with van der Waals surface area (Å²) in [5.74, 6) is -0.730. The van der Waals surface area contributed by atoms with E-state index in [2.05, 4.69) is 36.8 Å². The molecule has 1 unspecified atom stereocenters. The van der Waals surface area contributed by atoms with Crippen LogP contribution in [-0.2, 0) is 4.79 Å². The zero-order valence-electron chi connectivity index (χ0n) is 9.86. The molecule has 18 heavy (non-hydrogen) atoms. The van der Waals surface area contributed by atoms with Crippen LogP contribution in [0.2, 0.25) is 0 Å². The molecule has 0 saturated carbocycles. The minimum Gasteiger partial charge on any atom is -0.481 e. The Balaban J connectivity index is 2.20. The van der Waals surface area contributed by atoms with E-state index >= 15 is 0 Å². The van der Waals surface area contributed by atoms with E-state index in [1.165, 1.54) is 19.3 Å². The first-order valence-electron chi connectivity index (χ1n) is 5.98. The third-order valence-electron chi connectivity index (χ3n) is 3.19. The first-order chi connectivity index (χ1) is 8.58. The van der Waals surface area contributed by atoms with Gasteiger partial charge in [0.2, 0.25) is 0 Å². The molecule has 0 radical (unpaired) electrons. The highest BCUT2D eigenvalue weighted by Crippen LogP contribution is 2.39. The van der Waals surface area contributed by atoms with Gasteiger partial charge in [0.25, 0.3) is 0 Å². The van der Waals surface area contributed by atoms with Crippen LogP contribution in [0.4, 0.5) is 0 Å². The van der Waals surface area contributed by atoms with E-state index in [9.17, 15) is 4.79 Å². The molecule has 6 heteroatoms. The largest absolute Gasteiger partial charge is 0.481 e. The van der Waals surface area contributed by atoms with Crippen molar-refractivity contribution in [2.24, 2.45) is 0 Å². The van der Waals surface area contributed by atoms with E-state index in [0.29, 0.717) is 0 Å². The molecular formula is C12H15Br2NO2S. The van der Waals surface area contributed by atoms with Gasteiger partial charge >= 0.3 is 5.97 Å². The number of rotatable bonds is 4. The van der Waals surface area contributed by atoms with Gasteiger partial charge in [-0.1, -0.05) is 6.42 Å². The fourth-order valence-corrected chi connectivity index (χ4v) is 4.56. The Morgan fingerprint density at radius 2 is 2.06 bits per heavy atom. The summed E-state index contributed by atoms with van der Waals surface area (Å²) in [4.78, 5) is 14.5. The number of piperidine rings is 1. The molecule has 1 saturated heterocycles. The molecule has 1 aromatic heterocycles. The second-order valence-electron chi connectivity index (χ2n) is 4.48. The molecule has 100 valence electrons. The van der Waals surface area contributed by atoms with Crippen LogP contribution < -0.4 is 0 Å². The van der Waals surface area contributed by atoms with Crippen LogP contribution >= 0.6 is 43.2 Å². The highest BCUT2D eigenvalue weighted by molar-refractivity contribution is 9.13. The third kappa shape index (κ3) is 3.56. The predicted octanol–water partition coefficient (Wildman–Crippen LogP) is 4.27. The SMILES string of the molecule is O=C(O)CC(c1cc(Br)c(Br)s1)N1CCCCC1. The van der Waals surface area contributed by atoms with Crippen LogP contribution in [0.15, 0.2) is 14.3 Å². The molecule has 2 heterocycles. The molecule has 1 aromatic rings. The first kappa shape index (κ1) is 14.5. The molecule has 0 bridgehead atoms. The van der Waals surface area contributed by atoms with Crippen LogP contribution in [0, 0.1) is 0 Å². The molecular weight excluding hydrogens is 382 g/mol. The van der Waals surface area contributed by atoms with Gasteiger partial charge in [-0.15, -0.1) is 11.3 Å². The van der Waals surface area contributed by atoms with Crippen molar-refractivity contribution in [2.75, 3.05) is 13.1 Å². The van der Waals surface area contributed by atoms with Crippen molar-refractivity contribution in [2.45, 2.75) is 31.7 Å². The fourth-order valence-electron chi connectivity index (χ4n) is 2.33. The minimum atomic E-state index is -0.730. The summed E-state index contributed by atoms with van der Waals surface area (Å²) in [5, 5.41) is 9.11. The lowest BCUT2D eigenvalue weighted by Gasteiger charge is -2.33. The van der Waals surface area contributed by atoms with Crippen LogP contribution in [0.3, 0.4) is 0 Å². The summed E-state index contributed by atoms with van der Waals surface area (Å²) in [6.45, 7) is 2.01. The van der Waals surface area contributed by atoms with Gasteiger partial charge in [0.05, 0.1) is 16.2 Å². The van der Waals surface area contributed by atoms with E-state index < -0.39 is 5.97 Å². The average Bonchev–Trinajstić information content (AvgIpc) is 2.67. The van der Waals surface area contributed by atoms with Gasteiger partial charge in [-0.3, -0.25) is 9.69 Å². The average molecular weight is 397 g/mol. The summed E-state index contributed by atoms with van der Waals surface area (Å²) in [7, 11) is 0. The van der Waals surface area contributed by atoms with Gasteiger partial charge < -0.3 is 5.11 Å². The number of thiophene rings is 1. The van der Waals surface area contributed by atoms with Gasteiger partial charge in [-0.25, -0.2) is 0 Å². The molecule has 1 N–H and O–H groups in total. The van der Waals surface area contributed by atoms with Gasteiger partial charge in [0.15, 0.2) is 0 Å². The molecule has 0 amide bonds. The number of likely N-dealkylation sites (tertiary alicyclic amines) is 1. The lowest BCUT2D eigenvalue weighted by atomic mass is 10.0. The summed E-state index contributed by atoms with van der Waals surface area (Å²) in [5.41, 5.74) is 0. The van der Waals surface area contributed by atoms with Crippen molar-refractivity contribution < 1.29 is 9.90 Å². The summed E-state index contributed by atoms with van der Waals surface area (Å²) >= 11 is 8.58. The highest BCUT2D eigenvalue weighted by Gasteiger charge is 2.26. The van der Waals surface area contributed by atoms with Gasteiger partial charge in [-0.05, 0) is 63.9 Å². The van der Waals surface area contributed by atoms with Crippen LogP contribution in [0.25, 0.3) is 0 Å². The number of nitrogens with zero attached hydrogens (tertiary/aromatic N) is 1. The molecule has 1 fully saturated rings. The number of carboxylic acid groups (broad SMARTS) is 1. The number of carboxylic acids is 1. The number of halogens is 2. The molecule has 1 aliphatic rings. The van der Waals surface area contributed by atoms with Crippen molar-refractivity contribution in [3.63, 3.8) is 0 Å². The molecule has 1 aliphatic heterocycles. The lowest BCUT2D eigenvalue weighted by molar-refractivity contribution is -0.138. The third-order valence-corrected chi connectivity index (χ3v) is 6.55. The second-order valence-corrected chi connectivity index (χ2v) is 7.74. The Morgan fingerprint density at radius 1 is 1.39 bits per heavy atom. The quantitative estimate of drug-likeness (QED) is 0.825. The van der Waals surface area contributed by atoms with E-state index in [-0.39, 0.29) is 12.5 Å². The number of hydrogen-bond donors (Lipinski definition) is 1. The summed E-state index contributed by atoms with van der Waals surface area (Å²) < 4.78 is 2.04. The normalized spacial score (nSPS) is 18.8. The van der Waals surface area contributed by atoms with Crippen LogP contribution in [0.5, 0.6) is 0 Å². The summed E-state index contributed by atoms with van der Waals surface area (Å²) in [6, 6.07) is 2.05. The first-order valence-corrected chi connectivity index (χ1v) is 8.38. The van der Waals surface area contributed by atoms with E-state index in [1.807, 2.05) is 6.07 Å². The molecule has 0 aliphatic carbocycles. The van der Waals surface area contributed by atoms with E-state index in [0.717, 1.165) is 26.2 Å². The Labute approximate surface area is 127 Å². The minimum absolute atomic E-state index is 0.00963. The van der Waals surface area contributed by atoms with Gasteiger partial charge in [-0.2, -0.15) is 0 Å². The maximum Gasteiger partial charge on any atom is 0.305 e. The topological polar surface area (TPSA) is 40.5 Å². The van der Waals surface area contributed by atoms with Gasteiger partial charge in [0.1, 0.15) is 0 Å². The van der Waals surface area contributed by atoms with Crippen molar-refractivity contribution >= 4 is 49.2 Å². The van der Waals surface area contributed by atoms with Crippen LogP contribution in [-0.4, -0.2) is 29.1 Å². The second kappa shape index (κ2) is 6.50. The lowest BCUT2D eigenvalue weighted by Crippen LogP contribution is -2.34. The zero-order valence-corrected chi connectivity index (χ0v) is 13.9. The van der Waals surface area contributed by atoms with E-state index in [4.69, 9.17) is 5.11 Å². The smallest absolute Gasteiger partial charge is 0.305 e. The molecule has 0 spiro atoms. The summed E-state index contributed by atoms with van der Waals surface area (Å²) in [6.07, 6.45) is 3.78. The Hall–Kier alpha value is 0.0900. The predicted molar refractivity (Wildman–Crippen MR) is 80.1 cm³/mol. The van der Waals surface area contributed by atoms with Crippen LogP contribution in [0.1, 0.15) is 36.6 Å². The fraction of sp³-hybridized carbons (Fsp3) is 0.583. The van der Waals surface area contributed by atoms with Crippen molar-refractivity contribution in [1.82, 2.24) is 4.90 Å².